The average molecular weight is 466 g/mol. The first kappa shape index (κ1) is 23.0. The molecule has 1 aliphatic rings. The molecule has 2 aromatic rings. The van der Waals surface area contributed by atoms with Crippen LogP contribution in [0, 0.1) is 5.92 Å². The van der Waals surface area contributed by atoms with Gasteiger partial charge >= 0.3 is 5.97 Å². The highest BCUT2D eigenvalue weighted by molar-refractivity contribution is 7.99. The number of amides is 1. The van der Waals surface area contributed by atoms with Crippen molar-refractivity contribution in [1.82, 2.24) is 5.32 Å². The fourth-order valence-corrected chi connectivity index (χ4v) is 5.27. The van der Waals surface area contributed by atoms with Gasteiger partial charge in [0.1, 0.15) is 0 Å². The van der Waals surface area contributed by atoms with E-state index >= 15 is 0 Å². The van der Waals surface area contributed by atoms with Crippen molar-refractivity contribution in [3.8, 4) is 0 Å². The van der Waals surface area contributed by atoms with Gasteiger partial charge in [-0.25, -0.2) is 0 Å². The summed E-state index contributed by atoms with van der Waals surface area (Å²) in [4.78, 5) is 24.9. The molecule has 4 nitrogen and oxygen atoms in total. The summed E-state index contributed by atoms with van der Waals surface area (Å²) in [7, 11) is 0. The van der Waals surface area contributed by atoms with Crippen molar-refractivity contribution in [3.63, 3.8) is 0 Å². The maximum atomic E-state index is 12.3. The van der Waals surface area contributed by atoms with Crippen molar-refractivity contribution >= 4 is 46.8 Å². The van der Waals surface area contributed by atoms with E-state index in [-0.39, 0.29) is 24.2 Å². The van der Waals surface area contributed by atoms with Crippen molar-refractivity contribution in [2.24, 2.45) is 5.92 Å². The lowest BCUT2D eigenvalue weighted by Crippen LogP contribution is -2.26. The summed E-state index contributed by atoms with van der Waals surface area (Å²) in [5.41, 5.74) is 2.16. The van der Waals surface area contributed by atoms with Gasteiger partial charge < -0.3 is 10.4 Å². The number of carbonyl (C=O) groups excluding carboxylic acids is 1. The molecule has 30 heavy (non-hydrogen) atoms. The zero-order valence-electron chi connectivity index (χ0n) is 17.0. The summed E-state index contributed by atoms with van der Waals surface area (Å²) in [6.45, 7) is 4.70. The van der Waals surface area contributed by atoms with E-state index in [1.807, 2.05) is 24.3 Å². The molecule has 0 saturated heterocycles. The molecule has 0 spiro atoms. The average Bonchev–Trinajstić information content (AvgIpc) is 3.49. The summed E-state index contributed by atoms with van der Waals surface area (Å²) in [6, 6.07) is 12.2. The van der Waals surface area contributed by atoms with Crippen LogP contribution in [0.5, 0.6) is 0 Å². The molecule has 0 heterocycles. The minimum absolute atomic E-state index is 0.0505. The van der Waals surface area contributed by atoms with Gasteiger partial charge in [0.15, 0.2) is 0 Å². The Morgan fingerprint density at radius 1 is 1.13 bits per heavy atom. The number of aliphatic carboxylic acids is 1. The summed E-state index contributed by atoms with van der Waals surface area (Å²) >= 11 is 14.8. The molecule has 1 fully saturated rings. The van der Waals surface area contributed by atoms with E-state index in [1.54, 1.807) is 11.8 Å². The van der Waals surface area contributed by atoms with Gasteiger partial charge in [-0.3, -0.25) is 9.59 Å². The molecular formula is C23H25Cl2NO3S. The van der Waals surface area contributed by atoms with Gasteiger partial charge in [-0.15, -0.1) is 0 Å². The lowest BCUT2D eigenvalue weighted by atomic mass is 10.0. The number of halogens is 2. The van der Waals surface area contributed by atoms with E-state index < -0.39 is 5.97 Å². The van der Waals surface area contributed by atoms with Gasteiger partial charge in [0, 0.05) is 28.7 Å². The first-order valence-electron chi connectivity index (χ1n) is 10.0. The van der Waals surface area contributed by atoms with Crippen LogP contribution in [0.25, 0.3) is 0 Å². The molecule has 0 aliphatic heterocycles. The Bertz CT molecular complexity index is 948. The zero-order valence-corrected chi connectivity index (χ0v) is 19.3. The van der Waals surface area contributed by atoms with Gasteiger partial charge in [-0.05, 0) is 47.9 Å². The van der Waals surface area contributed by atoms with E-state index in [2.05, 4.69) is 31.3 Å². The number of carboxylic acid groups (broad SMARTS) is 1. The molecule has 1 amide bonds. The van der Waals surface area contributed by atoms with Crippen molar-refractivity contribution < 1.29 is 14.7 Å². The minimum Gasteiger partial charge on any atom is -0.481 e. The normalized spacial score (nSPS) is 17.8. The van der Waals surface area contributed by atoms with Gasteiger partial charge in [0.25, 0.3) is 0 Å². The maximum Gasteiger partial charge on any atom is 0.303 e. The van der Waals surface area contributed by atoms with Crippen molar-refractivity contribution in [1.29, 1.82) is 0 Å². The standard InChI is InChI=1S/C23H25Cl2NO3S/c1-13(2)14-6-3-4-7-18(14)30-19-10-9-15(21(24)22(19)25)16-12-17(16)23(29)26-11-5-8-20(27)28/h3-4,6-7,9-10,13,16-17H,5,8,11-12H2,1-2H3,(H,26,29)(H,27,28). The van der Waals surface area contributed by atoms with E-state index in [4.69, 9.17) is 28.3 Å². The second-order valence-corrected chi connectivity index (χ2v) is 9.65. The molecule has 0 radical (unpaired) electrons. The highest BCUT2D eigenvalue weighted by atomic mass is 35.5. The van der Waals surface area contributed by atoms with E-state index in [0.29, 0.717) is 28.9 Å². The smallest absolute Gasteiger partial charge is 0.303 e. The third-order valence-corrected chi connectivity index (χ3v) is 7.39. The topological polar surface area (TPSA) is 66.4 Å². The van der Waals surface area contributed by atoms with E-state index in [9.17, 15) is 9.59 Å². The predicted octanol–water partition coefficient (Wildman–Crippen LogP) is 6.35. The van der Waals surface area contributed by atoms with Crippen LogP contribution >= 0.6 is 35.0 Å². The fraction of sp³-hybridized carbons (Fsp3) is 0.391. The van der Waals surface area contributed by atoms with Gasteiger partial charge in [-0.1, -0.05) is 73.1 Å². The van der Waals surface area contributed by atoms with Gasteiger partial charge in [0.05, 0.1) is 10.0 Å². The van der Waals surface area contributed by atoms with E-state index in [0.717, 1.165) is 21.8 Å². The van der Waals surface area contributed by atoms with Gasteiger partial charge in [-0.2, -0.15) is 0 Å². The summed E-state index contributed by atoms with van der Waals surface area (Å²) in [5, 5.41) is 12.5. The van der Waals surface area contributed by atoms with Crippen molar-refractivity contribution in [3.05, 3.63) is 57.6 Å². The van der Waals surface area contributed by atoms with Crippen molar-refractivity contribution in [2.45, 2.75) is 54.7 Å². The number of carboxylic acids is 1. The summed E-state index contributed by atoms with van der Waals surface area (Å²) < 4.78 is 0. The lowest BCUT2D eigenvalue weighted by molar-refractivity contribution is -0.137. The Labute approximate surface area is 191 Å². The maximum absolute atomic E-state index is 12.3. The summed E-state index contributed by atoms with van der Waals surface area (Å²) in [5.74, 6) is -0.589. The number of rotatable bonds is 9. The van der Waals surface area contributed by atoms with Crippen LogP contribution in [0.4, 0.5) is 0 Å². The molecule has 2 N–H and O–H groups in total. The fourth-order valence-electron chi connectivity index (χ4n) is 3.49. The number of nitrogens with one attached hydrogen (secondary N) is 1. The number of hydrogen-bond donors (Lipinski definition) is 2. The predicted molar refractivity (Wildman–Crippen MR) is 122 cm³/mol. The SMILES string of the molecule is CC(C)c1ccccc1Sc1ccc(C2CC2C(=O)NCCCC(=O)O)c(Cl)c1Cl. The largest absolute Gasteiger partial charge is 0.481 e. The number of hydrogen-bond acceptors (Lipinski definition) is 3. The molecule has 2 atom stereocenters. The van der Waals surface area contributed by atoms with Crippen molar-refractivity contribution in [2.75, 3.05) is 6.54 Å². The lowest BCUT2D eigenvalue weighted by Gasteiger charge is -2.14. The molecule has 2 aromatic carbocycles. The first-order valence-corrected chi connectivity index (χ1v) is 11.6. The van der Waals surface area contributed by atoms with Crippen LogP contribution < -0.4 is 5.32 Å². The summed E-state index contributed by atoms with van der Waals surface area (Å²) in [6.07, 6.45) is 1.20. The van der Waals surface area contributed by atoms with E-state index in [1.165, 1.54) is 5.56 Å². The molecule has 3 rings (SSSR count). The third-order valence-electron chi connectivity index (χ3n) is 5.23. The van der Waals surface area contributed by atoms with Crippen LogP contribution in [-0.4, -0.2) is 23.5 Å². The quantitative estimate of drug-likeness (QED) is 0.423. The Balaban J connectivity index is 1.66. The van der Waals surface area contributed by atoms with Crippen LogP contribution in [0.15, 0.2) is 46.2 Å². The molecule has 7 heteroatoms. The molecule has 1 aliphatic carbocycles. The molecule has 0 bridgehead atoms. The molecule has 2 unspecified atom stereocenters. The molecular weight excluding hydrogens is 441 g/mol. The highest BCUT2D eigenvalue weighted by Crippen LogP contribution is 2.52. The Hall–Kier alpha value is -1.69. The molecule has 1 saturated carbocycles. The second-order valence-electron chi connectivity index (χ2n) is 7.81. The first-order chi connectivity index (χ1) is 14.3. The zero-order chi connectivity index (χ0) is 21.8. The number of benzene rings is 2. The van der Waals surface area contributed by atoms with Gasteiger partial charge in [0.2, 0.25) is 5.91 Å². The molecule has 0 aromatic heterocycles. The number of carbonyl (C=O) groups is 2. The van der Waals surface area contributed by atoms with Crippen LogP contribution in [0.1, 0.15) is 56.1 Å². The molecule has 160 valence electrons. The monoisotopic (exact) mass is 465 g/mol. The Morgan fingerprint density at radius 2 is 1.87 bits per heavy atom. The second kappa shape index (κ2) is 10.1. The Kier molecular flexibility index (Phi) is 7.72. The van der Waals surface area contributed by atoms with Crippen LogP contribution in [0.3, 0.4) is 0 Å². The minimum atomic E-state index is -0.857. The highest BCUT2D eigenvalue weighted by Gasteiger charge is 2.45. The third kappa shape index (κ3) is 5.51. The van der Waals surface area contributed by atoms with Crippen LogP contribution in [0.2, 0.25) is 10.0 Å². The van der Waals surface area contributed by atoms with Crippen LogP contribution in [-0.2, 0) is 9.59 Å². The Morgan fingerprint density at radius 3 is 2.57 bits per heavy atom.